The van der Waals surface area contributed by atoms with Crippen molar-refractivity contribution in [3.05, 3.63) is 18.2 Å². The lowest BCUT2D eigenvalue weighted by Gasteiger charge is -2.39. The van der Waals surface area contributed by atoms with Crippen LogP contribution in [0.1, 0.15) is 20.3 Å². The summed E-state index contributed by atoms with van der Waals surface area (Å²) < 4.78 is 19.8. The van der Waals surface area contributed by atoms with E-state index in [0.29, 0.717) is 25.5 Å². The van der Waals surface area contributed by atoms with Crippen molar-refractivity contribution in [1.82, 2.24) is 14.4 Å². The monoisotopic (exact) mass is 317 g/mol. The number of rotatable bonds is 5. The number of aromatic nitrogens is 2. The van der Waals surface area contributed by atoms with Crippen molar-refractivity contribution >= 4 is 18.1 Å². The number of nitrogens with two attached hydrogens (primary N) is 1. The van der Waals surface area contributed by atoms with Gasteiger partial charge in [0.15, 0.2) is 5.82 Å². The zero-order chi connectivity index (χ0) is 15.4. The Morgan fingerprint density at radius 2 is 2.14 bits per heavy atom. The van der Waals surface area contributed by atoms with Gasteiger partial charge < -0.3 is 14.8 Å². The van der Waals surface area contributed by atoms with Crippen LogP contribution in [-0.2, 0) is 4.74 Å². The van der Waals surface area contributed by atoms with E-state index in [2.05, 4.69) is 9.97 Å². The first kappa shape index (κ1) is 16.4. The van der Waals surface area contributed by atoms with Gasteiger partial charge in [-0.1, -0.05) is 0 Å². The average molecular weight is 317 g/mol. The fourth-order valence-corrected chi connectivity index (χ4v) is 2.71. The summed E-state index contributed by atoms with van der Waals surface area (Å²) in [6.45, 7) is 4.99. The number of anilines is 1. The highest BCUT2D eigenvalue weighted by Crippen LogP contribution is 2.23. The molecule has 0 radical (unpaired) electrons. The van der Waals surface area contributed by atoms with Crippen LogP contribution in [-0.4, -0.2) is 51.0 Å². The molecule has 0 aliphatic carbocycles. The minimum atomic E-state index is -0.483. The molecule has 0 spiro atoms. The third-order valence-corrected chi connectivity index (χ3v) is 3.68. The van der Waals surface area contributed by atoms with Gasteiger partial charge in [0.25, 0.3) is 0 Å². The van der Waals surface area contributed by atoms with E-state index in [-0.39, 0.29) is 18.2 Å². The van der Waals surface area contributed by atoms with Gasteiger partial charge in [0.1, 0.15) is 0 Å². The van der Waals surface area contributed by atoms with Crippen molar-refractivity contribution in [2.45, 2.75) is 38.5 Å². The molecule has 1 aliphatic heterocycles. The highest BCUT2D eigenvalue weighted by atomic mass is 32.2. The Morgan fingerprint density at radius 3 is 2.71 bits per heavy atom. The highest BCUT2D eigenvalue weighted by molar-refractivity contribution is 7.94. The second-order valence-corrected chi connectivity index (χ2v) is 5.80. The summed E-state index contributed by atoms with van der Waals surface area (Å²) in [6, 6.07) is -0.217. The molecular weight excluding hydrogens is 297 g/mol. The van der Waals surface area contributed by atoms with Gasteiger partial charge in [-0.3, -0.25) is 5.14 Å². The molecule has 0 aromatic carbocycles. The van der Waals surface area contributed by atoms with Crippen molar-refractivity contribution < 1.29 is 14.3 Å². The first-order valence-corrected chi connectivity index (χ1v) is 7.56. The maximum atomic E-state index is 12.9. The minimum Gasteiger partial charge on any atom is -0.374 e. The van der Waals surface area contributed by atoms with Crippen LogP contribution in [0, 0.1) is 5.82 Å². The third kappa shape index (κ3) is 4.48. The van der Waals surface area contributed by atoms with Crippen LogP contribution in [0.2, 0.25) is 0 Å². The van der Waals surface area contributed by atoms with Crippen LogP contribution in [0.3, 0.4) is 0 Å². The minimum absolute atomic E-state index is 0.0717. The SMILES string of the molecule is CC(C)OC1C[C@H](N(O)SN)CN(c2ncc(F)cn2)C1. The van der Waals surface area contributed by atoms with E-state index in [1.807, 2.05) is 18.7 Å². The molecule has 3 N–H and O–H groups in total. The molecule has 1 fully saturated rings. The molecule has 2 atom stereocenters. The van der Waals surface area contributed by atoms with Gasteiger partial charge in [0.2, 0.25) is 5.95 Å². The van der Waals surface area contributed by atoms with Gasteiger partial charge >= 0.3 is 0 Å². The van der Waals surface area contributed by atoms with Crippen LogP contribution in [0.15, 0.2) is 12.4 Å². The van der Waals surface area contributed by atoms with E-state index in [1.54, 1.807) is 0 Å². The molecule has 1 aromatic rings. The Morgan fingerprint density at radius 1 is 1.48 bits per heavy atom. The van der Waals surface area contributed by atoms with Crippen LogP contribution in [0.25, 0.3) is 0 Å². The smallest absolute Gasteiger partial charge is 0.225 e. The van der Waals surface area contributed by atoms with Gasteiger partial charge in [-0.15, -0.1) is 4.47 Å². The van der Waals surface area contributed by atoms with Gasteiger partial charge in [-0.25, -0.2) is 14.4 Å². The molecule has 0 saturated carbocycles. The summed E-state index contributed by atoms with van der Waals surface area (Å²) in [4.78, 5) is 9.82. The summed E-state index contributed by atoms with van der Waals surface area (Å²) in [5.74, 6) is -0.0718. The summed E-state index contributed by atoms with van der Waals surface area (Å²) in [5.41, 5.74) is 0. The molecular formula is C12H20FN5O2S. The number of nitrogens with zero attached hydrogens (tertiary/aromatic N) is 4. The van der Waals surface area contributed by atoms with E-state index in [9.17, 15) is 9.60 Å². The van der Waals surface area contributed by atoms with Gasteiger partial charge in [0.05, 0.1) is 30.6 Å². The molecule has 0 amide bonds. The zero-order valence-electron chi connectivity index (χ0n) is 12.0. The van der Waals surface area contributed by atoms with Crippen LogP contribution >= 0.6 is 12.1 Å². The predicted molar refractivity (Wildman–Crippen MR) is 78.0 cm³/mol. The first-order valence-electron chi connectivity index (χ1n) is 6.72. The van der Waals surface area contributed by atoms with E-state index in [1.165, 1.54) is 0 Å². The van der Waals surface area contributed by atoms with Crippen molar-refractivity contribution in [1.29, 1.82) is 0 Å². The number of hydrogen-bond donors (Lipinski definition) is 2. The molecule has 2 rings (SSSR count). The summed E-state index contributed by atoms with van der Waals surface area (Å²) in [7, 11) is 0. The molecule has 1 aromatic heterocycles. The Hall–Kier alpha value is -1.00. The van der Waals surface area contributed by atoms with E-state index < -0.39 is 5.82 Å². The number of hydrogen-bond acceptors (Lipinski definition) is 8. The standard InChI is InChI=1S/C12H20FN5O2S/c1-8(2)20-11-3-10(18(19)21-14)6-17(7-11)12-15-4-9(13)5-16-12/h4-5,8,10-11,19H,3,6-7,14H2,1-2H3/t10-,11?/m0/s1. The number of halogens is 1. The fraction of sp³-hybridized carbons (Fsp3) is 0.667. The fourth-order valence-electron chi connectivity index (χ4n) is 2.39. The summed E-state index contributed by atoms with van der Waals surface area (Å²) in [5, 5.41) is 15.2. The van der Waals surface area contributed by atoms with Crippen molar-refractivity contribution in [2.24, 2.45) is 5.14 Å². The third-order valence-electron chi connectivity index (χ3n) is 3.16. The van der Waals surface area contributed by atoms with Gasteiger partial charge in [-0.05, 0) is 20.3 Å². The van der Waals surface area contributed by atoms with Crippen LogP contribution < -0.4 is 10.0 Å². The molecule has 2 heterocycles. The van der Waals surface area contributed by atoms with E-state index >= 15 is 0 Å². The quantitative estimate of drug-likeness (QED) is 0.619. The molecule has 21 heavy (non-hydrogen) atoms. The lowest BCUT2D eigenvalue weighted by molar-refractivity contribution is -0.0669. The van der Waals surface area contributed by atoms with E-state index in [0.717, 1.165) is 29.0 Å². The molecule has 1 unspecified atom stereocenters. The lowest BCUT2D eigenvalue weighted by Crippen LogP contribution is -2.52. The molecule has 118 valence electrons. The van der Waals surface area contributed by atoms with Crippen LogP contribution in [0.4, 0.5) is 10.3 Å². The Balaban J connectivity index is 2.13. The average Bonchev–Trinajstić information content (AvgIpc) is 2.46. The number of hydroxylamine groups is 1. The van der Waals surface area contributed by atoms with Crippen molar-refractivity contribution in [3.63, 3.8) is 0 Å². The molecule has 1 saturated heterocycles. The van der Waals surface area contributed by atoms with E-state index in [4.69, 9.17) is 9.88 Å². The topological polar surface area (TPSA) is 87.7 Å². The van der Waals surface area contributed by atoms with Gasteiger partial charge in [0, 0.05) is 25.2 Å². The Labute approximate surface area is 127 Å². The van der Waals surface area contributed by atoms with Gasteiger partial charge in [-0.2, -0.15) is 0 Å². The Bertz CT molecular complexity index is 450. The lowest BCUT2D eigenvalue weighted by atomic mass is 10.0. The predicted octanol–water partition coefficient (Wildman–Crippen LogP) is 1.20. The maximum Gasteiger partial charge on any atom is 0.225 e. The van der Waals surface area contributed by atoms with Crippen molar-refractivity contribution in [3.8, 4) is 0 Å². The summed E-state index contributed by atoms with van der Waals surface area (Å²) >= 11 is 0.758. The molecule has 9 heteroatoms. The maximum absolute atomic E-state index is 12.9. The van der Waals surface area contributed by atoms with Crippen molar-refractivity contribution in [2.75, 3.05) is 18.0 Å². The first-order chi connectivity index (χ1) is 9.99. The second kappa shape index (κ2) is 7.32. The molecule has 1 aliphatic rings. The van der Waals surface area contributed by atoms with Crippen LogP contribution in [0.5, 0.6) is 0 Å². The normalized spacial score (nSPS) is 23.1. The molecule has 0 bridgehead atoms. The second-order valence-electron chi connectivity index (χ2n) is 5.21. The highest BCUT2D eigenvalue weighted by Gasteiger charge is 2.33. The Kier molecular flexibility index (Phi) is 5.71. The molecule has 7 nitrogen and oxygen atoms in total. The number of piperidine rings is 1. The summed E-state index contributed by atoms with van der Waals surface area (Å²) in [6.07, 6.45) is 2.88. The zero-order valence-corrected chi connectivity index (χ0v) is 12.8. The number of ether oxygens (including phenoxy) is 1. The largest absolute Gasteiger partial charge is 0.374 e.